The van der Waals surface area contributed by atoms with Gasteiger partial charge in [-0.15, -0.1) is 0 Å². The smallest absolute Gasteiger partial charge is 0.264 e. The van der Waals surface area contributed by atoms with Crippen LogP contribution in [0, 0.1) is 20.8 Å². The van der Waals surface area contributed by atoms with Crippen molar-refractivity contribution in [2.45, 2.75) is 77.9 Å². The molecule has 3 rings (SSSR count). The lowest BCUT2D eigenvalue weighted by molar-refractivity contribution is -0.140. The summed E-state index contributed by atoms with van der Waals surface area (Å²) >= 11 is 6.46. The van der Waals surface area contributed by atoms with Gasteiger partial charge in [-0.3, -0.25) is 13.9 Å². The third kappa shape index (κ3) is 8.11. The molecule has 0 aromatic heterocycles. The number of carbonyl (C=O) groups excluding carboxylic acids is 2. The summed E-state index contributed by atoms with van der Waals surface area (Å²) < 4.78 is 29.2. The van der Waals surface area contributed by atoms with E-state index < -0.39 is 28.5 Å². The fourth-order valence-corrected chi connectivity index (χ4v) is 6.22. The Kier molecular flexibility index (Phi) is 11.0. The quantitative estimate of drug-likeness (QED) is 0.270. The van der Waals surface area contributed by atoms with Crippen molar-refractivity contribution in [2.75, 3.05) is 10.8 Å². The fourth-order valence-electron chi connectivity index (χ4n) is 4.63. The van der Waals surface area contributed by atoms with Crippen molar-refractivity contribution >= 4 is 39.1 Å². The van der Waals surface area contributed by atoms with Gasteiger partial charge >= 0.3 is 0 Å². The van der Waals surface area contributed by atoms with Gasteiger partial charge in [-0.2, -0.15) is 0 Å². The van der Waals surface area contributed by atoms with E-state index in [2.05, 4.69) is 5.32 Å². The van der Waals surface area contributed by atoms with E-state index in [0.717, 1.165) is 27.4 Å². The van der Waals surface area contributed by atoms with E-state index in [-0.39, 0.29) is 23.4 Å². The van der Waals surface area contributed by atoms with Crippen LogP contribution in [0.1, 0.15) is 55.9 Å². The molecule has 0 aliphatic carbocycles. The van der Waals surface area contributed by atoms with E-state index in [1.165, 1.54) is 4.90 Å². The van der Waals surface area contributed by atoms with Crippen LogP contribution in [0.15, 0.2) is 71.6 Å². The lowest BCUT2D eigenvalue weighted by Gasteiger charge is -2.34. The molecule has 2 amide bonds. The van der Waals surface area contributed by atoms with Gasteiger partial charge in [0.25, 0.3) is 10.0 Å². The maximum absolute atomic E-state index is 14.2. The first-order chi connectivity index (χ1) is 19.4. The number of halogens is 1. The Hall–Kier alpha value is -3.36. The summed E-state index contributed by atoms with van der Waals surface area (Å²) in [6.07, 6.45) is 1.07. The second-order valence-corrected chi connectivity index (χ2v) is 12.8. The second kappa shape index (κ2) is 14.0. The number of rotatable bonds is 12. The van der Waals surface area contributed by atoms with Gasteiger partial charge < -0.3 is 10.2 Å². The van der Waals surface area contributed by atoms with Crippen LogP contribution in [0.5, 0.6) is 0 Å². The summed E-state index contributed by atoms with van der Waals surface area (Å²) in [7, 11) is -4.13. The van der Waals surface area contributed by atoms with Gasteiger partial charge in [0.2, 0.25) is 11.8 Å². The van der Waals surface area contributed by atoms with Crippen LogP contribution in [0.4, 0.5) is 5.69 Å². The summed E-state index contributed by atoms with van der Waals surface area (Å²) in [4.78, 5) is 29.1. The molecule has 0 saturated heterocycles. The van der Waals surface area contributed by atoms with Crippen molar-refractivity contribution in [2.24, 2.45) is 0 Å². The topological polar surface area (TPSA) is 86.8 Å². The summed E-state index contributed by atoms with van der Waals surface area (Å²) in [6.45, 7) is 10.9. The molecule has 0 heterocycles. The molecule has 0 aliphatic heterocycles. The van der Waals surface area contributed by atoms with Crippen LogP contribution < -0.4 is 9.62 Å². The number of benzene rings is 3. The minimum Gasteiger partial charge on any atom is -0.352 e. The van der Waals surface area contributed by atoms with Gasteiger partial charge in [-0.25, -0.2) is 8.42 Å². The van der Waals surface area contributed by atoms with E-state index in [9.17, 15) is 18.0 Å². The first-order valence-corrected chi connectivity index (χ1v) is 15.7. The number of nitrogens with one attached hydrogen (secondary N) is 1. The Bertz CT molecular complexity index is 1450. The zero-order chi connectivity index (χ0) is 30.3. The highest BCUT2D eigenvalue weighted by atomic mass is 35.5. The molecule has 41 heavy (non-hydrogen) atoms. The number of aryl methyl sites for hydroxylation is 3. The van der Waals surface area contributed by atoms with Crippen LogP contribution >= 0.6 is 11.6 Å². The number of hydrogen-bond acceptors (Lipinski definition) is 4. The number of carbonyl (C=O) groups is 2. The van der Waals surface area contributed by atoms with E-state index in [4.69, 9.17) is 11.6 Å². The molecule has 2 atom stereocenters. The van der Waals surface area contributed by atoms with Gasteiger partial charge in [0, 0.05) is 17.6 Å². The number of sulfonamides is 1. The molecule has 0 bridgehead atoms. The van der Waals surface area contributed by atoms with Crippen LogP contribution in [0.3, 0.4) is 0 Å². The predicted octanol–water partition coefficient (Wildman–Crippen LogP) is 6.18. The molecule has 3 aromatic carbocycles. The fraction of sp³-hybridized carbons (Fsp3) is 0.375. The summed E-state index contributed by atoms with van der Waals surface area (Å²) in [5.74, 6) is -0.799. The van der Waals surface area contributed by atoms with Crippen LogP contribution in [0.25, 0.3) is 0 Å². The van der Waals surface area contributed by atoms with E-state index in [1.54, 1.807) is 54.6 Å². The molecule has 0 unspecified atom stereocenters. The lowest BCUT2D eigenvalue weighted by Crippen LogP contribution is -2.53. The maximum atomic E-state index is 14.2. The average Bonchev–Trinajstić information content (AvgIpc) is 2.92. The van der Waals surface area contributed by atoms with E-state index in [0.29, 0.717) is 22.7 Å². The maximum Gasteiger partial charge on any atom is 0.264 e. The Labute approximate surface area is 249 Å². The molecule has 7 nitrogen and oxygen atoms in total. The van der Waals surface area contributed by atoms with Crippen molar-refractivity contribution < 1.29 is 18.0 Å². The molecular weight excluding hydrogens is 558 g/mol. The monoisotopic (exact) mass is 597 g/mol. The molecule has 0 radical (unpaired) electrons. The predicted molar refractivity (Wildman–Crippen MR) is 166 cm³/mol. The zero-order valence-corrected chi connectivity index (χ0v) is 26.2. The van der Waals surface area contributed by atoms with Gasteiger partial charge in [0.1, 0.15) is 12.6 Å². The molecule has 0 fully saturated rings. The largest absolute Gasteiger partial charge is 0.352 e. The Morgan fingerprint density at radius 3 is 2.05 bits per heavy atom. The molecule has 9 heteroatoms. The van der Waals surface area contributed by atoms with Crippen molar-refractivity contribution in [3.8, 4) is 0 Å². The third-order valence-corrected chi connectivity index (χ3v) is 9.22. The number of nitrogens with zero attached hydrogens (tertiary/aromatic N) is 2. The normalized spacial score (nSPS) is 12.9. The van der Waals surface area contributed by atoms with Gasteiger partial charge in [0.15, 0.2) is 0 Å². The van der Waals surface area contributed by atoms with Crippen LogP contribution in [-0.4, -0.2) is 43.8 Å². The Morgan fingerprint density at radius 2 is 1.49 bits per heavy atom. The molecule has 1 N–H and O–H groups in total. The summed E-state index contributed by atoms with van der Waals surface area (Å²) in [6, 6.07) is 18.2. The van der Waals surface area contributed by atoms with Crippen LogP contribution in [0.2, 0.25) is 5.02 Å². The van der Waals surface area contributed by atoms with Gasteiger partial charge in [-0.05, 0) is 87.6 Å². The zero-order valence-electron chi connectivity index (χ0n) is 24.6. The highest BCUT2D eigenvalue weighted by Crippen LogP contribution is 2.27. The van der Waals surface area contributed by atoms with Crippen LogP contribution in [-0.2, 0) is 26.2 Å². The summed E-state index contributed by atoms with van der Waals surface area (Å²) in [5.41, 5.74) is 3.69. The van der Waals surface area contributed by atoms with Crippen molar-refractivity contribution in [1.29, 1.82) is 0 Å². The first kappa shape index (κ1) is 32.2. The van der Waals surface area contributed by atoms with E-state index >= 15 is 0 Å². The van der Waals surface area contributed by atoms with Crippen molar-refractivity contribution in [3.05, 3.63) is 94.0 Å². The van der Waals surface area contributed by atoms with Gasteiger partial charge in [-0.1, -0.05) is 67.4 Å². The number of hydrogen-bond donors (Lipinski definition) is 1. The number of anilines is 1. The minimum absolute atomic E-state index is 0.0518. The third-order valence-electron chi connectivity index (χ3n) is 7.07. The standard InChI is InChI=1S/C32H40ClN3O4S/c1-7-25(6)34-32(38)30(8-2)35(20-26-11-9-10-12-29(26)33)31(37)21-36(27-18-23(4)17-24(5)19-27)41(39,40)28-15-13-22(3)14-16-28/h9-19,25,30H,7-8,20-21H2,1-6H3,(H,34,38)/t25-,30-/m1/s1. The molecule has 220 valence electrons. The average molecular weight is 598 g/mol. The number of amides is 2. The SMILES string of the molecule is CC[C@@H](C)NC(=O)[C@@H](CC)N(Cc1ccccc1Cl)C(=O)CN(c1cc(C)cc(C)c1)S(=O)(=O)c1ccc(C)cc1. The lowest BCUT2D eigenvalue weighted by atomic mass is 10.1. The molecule has 0 aliphatic rings. The van der Waals surface area contributed by atoms with Gasteiger partial charge in [0.05, 0.1) is 10.6 Å². The summed E-state index contributed by atoms with van der Waals surface area (Å²) in [5, 5.41) is 3.44. The minimum atomic E-state index is -4.13. The Balaban J connectivity index is 2.10. The van der Waals surface area contributed by atoms with Crippen molar-refractivity contribution in [1.82, 2.24) is 10.2 Å². The first-order valence-electron chi connectivity index (χ1n) is 13.9. The Morgan fingerprint density at radius 1 is 0.878 bits per heavy atom. The molecule has 3 aromatic rings. The van der Waals surface area contributed by atoms with E-state index in [1.807, 2.05) is 53.7 Å². The highest BCUT2D eigenvalue weighted by molar-refractivity contribution is 7.92. The second-order valence-electron chi connectivity index (χ2n) is 10.5. The highest BCUT2D eigenvalue weighted by Gasteiger charge is 2.34. The molecule has 0 spiro atoms. The van der Waals surface area contributed by atoms with Crippen molar-refractivity contribution in [3.63, 3.8) is 0 Å². The molecular formula is C32H40ClN3O4S. The molecule has 0 saturated carbocycles.